The number of fused-ring (bicyclic) bond motifs is 3. The normalized spacial score (nSPS) is 19.2. The molecule has 1 N–H and O–H groups in total. The molecule has 8 nitrogen and oxygen atoms in total. The Morgan fingerprint density at radius 2 is 1.76 bits per heavy atom. The van der Waals surface area contributed by atoms with Gasteiger partial charge in [0.1, 0.15) is 5.58 Å². The minimum atomic E-state index is -1.76. The van der Waals surface area contributed by atoms with Crippen molar-refractivity contribution in [1.82, 2.24) is 9.80 Å². The molecule has 1 atom stereocenters. The standard InChI is InChI=1S/C29H31N3O5/c1-4-5-16-31-21-13-8-7-12-20(21)29(28(31)36)24(26(34)27(35)32(29)17-10-15-30(2)3)25(33)23-18-19-11-6-9-14-22(19)37-23/h6-9,11-14,18,34H,4-5,10,15-17H2,1-3H3/t29-/m0/s1. The van der Waals surface area contributed by atoms with Gasteiger partial charge < -0.3 is 24.2 Å². The Labute approximate surface area is 215 Å². The molecule has 2 aliphatic rings. The Morgan fingerprint density at radius 3 is 2.49 bits per heavy atom. The fraction of sp³-hybridized carbons (Fsp3) is 0.345. The van der Waals surface area contributed by atoms with Crippen molar-refractivity contribution >= 4 is 34.3 Å². The summed E-state index contributed by atoms with van der Waals surface area (Å²) in [7, 11) is 3.85. The van der Waals surface area contributed by atoms with Crippen molar-refractivity contribution in [3.63, 3.8) is 0 Å². The monoisotopic (exact) mass is 501 g/mol. The van der Waals surface area contributed by atoms with Gasteiger partial charge in [-0.15, -0.1) is 0 Å². The summed E-state index contributed by atoms with van der Waals surface area (Å²) in [6.45, 7) is 3.35. The number of carbonyl (C=O) groups is 3. The van der Waals surface area contributed by atoms with Gasteiger partial charge in [0, 0.05) is 24.0 Å². The van der Waals surface area contributed by atoms with Crippen molar-refractivity contribution in [2.45, 2.75) is 31.7 Å². The largest absolute Gasteiger partial charge is 0.503 e. The van der Waals surface area contributed by atoms with E-state index in [-0.39, 0.29) is 17.9 Å². The second kappa shape index (κ2) is 9.52. The predicted molar refractivity (Wildman–Crippen MR) is 140 cm³/mol. The summed E-state index contributed by atoms with van der Waals surface area (Å²) in [4.78, 5) is 47.1. The summed E-state index contributed by atoms with van der Waals surface area (Å²) < 4.78 is 5.84. The summed E-state index contributed by atoms with van der Waals surface area (Å²) in [5.74, 6) is -2.52. The summed E-state index contributed by atoms with van der Waals surface area (Å²) in [5.41, 5.74) is -0.310. The zero-order valence-electron chi connectivity index (χ0n) is 21.4. The van der Waals surface area contributed by atoms with Gasteiger partial charge in [-0.2, -0.15) is 0 Å². The molecule has 2 aliphatic heterocycles. The molecule has 0 aliphatic carbocycles. The van der Waals surface area contributed by atoms with Gasteiger partial charge in [-0.1, -0.05) is 49.7 Å². The number of hydrogen-bond acceptors (Lipinski definition) is 6. The molecule has 1 aromatic heterocycles. The van der Waals surface area contributed by atoms with E-state index < -0.39 is 28.9 Å². The number of anilines is 1. The lowest BCUT2D eigenvalue weighted by Gasteiger charge is -2.36. The molecule has 2 aromatic carbocycles. The third kappa shape index (κ3) is 3.74. The first-order valence-corrected chi connectivity index (χ1v) is 12.7. The number of benzene rings is 2. The SMILES string of the molecule is CCCCN1C(=O)[C@@]2(C(C(=O)c3cc4ccccc4o3)=C(O)C(=O)N2CCCN(C)C)c2ccccc21. The highest BCUT2D eigenvalue weighted by atomic mass is 16.3. The maximum Gasteiger partial charge on any atom is 0.290 e. The van der Waals surface area contributed by atoms with Gasteiger partial charge in [-0.3, -0.25) is 14.4 Å². The first-order valence-electron chi connectivity index (χ1n) is 12.7. The minimum Gasteiger partial charge on any atom is -0.503 e. The van der Waals surface area contributed by atoms with Gasteiger partial charge in [0.05, 0.1) is 11.3 Å². The first-order chi connectivity index (χ1) is 17.8. The molecule has 0 bridgehead atoms. The van der Waals surface area contributed by atoms with Crippen LogP contribution in [0, 0.1) is 0 Å². The van der Waals surface area contributed by atoms with Gasteiger partial charge in [0.15, 0.2) is 17.1 Å². The second-order valence-corrected chi connectivity index (χ2v) is 9.85. The van der Waals surface area contributed by atoms with Gasteiger partial charge in [-0.25, -0.2) is 0 Å². The van der Waals surface area contributed by atoms with Crippen molar-refractivity contribution < 1.29 is 23.9 Å². The maximum atomic E-state index is 14.4. The number of furan rings is 1. The number of ketones is 1. The molecule has 0 saturated carbocycles. The molecule has 3 aromatic rings. The lowest BCUT2D eigenvalue weighted by atomic mass is 9.81. The Morgan fingerprint density at radius 1 is 1.03 bits per heavy atom. The number of aliphatic hydroxyl groups is 1. The lowest BCUT2D eigenvalue weighted by Crippen LogP contribution is -2.54. The van der Waals surface area contributed by atoms with E-state index in [0.29, 0.717) is 36.3 Å². The van der Waals surface area contributed by atoms with Gasteiger partial charge in [0.2, 0.25) is 5.78 Å². The number of nitrogens with zero attached hydrogens (tertiary/aromatic N) is 3. The molecule has 1 spiro atoms. The van der Waals surface area contributed by atoms with E-state index in [1.807, 2.05) is 50.2 Å². The predicted octanol–water partition coefficient (Wildman–Crippen LogP) is 4.26. The van der Waals surface area contributed by atoms with Crippen LogP contribution >= 0.6 is 0 Å². The van der Waals surface area contributed by atoms with E-state index >= 15 is 0 Å². The fourth-order valence-corrected chi connectivity index (χ4v) is 5.47. The molecule has 0 fully saturated rings. The number of carbonyl (C=O) groups excluding carboxylic acids is 3. The number of unbranched alkanes of at least 4 members (excludes halogenated alkanes) is 1. The number of para-hydroxylation sites is 2. The number of aliphatic hydroxyl groups excluding tert-OH is 1. The number of rotatable bonds is 9. The van der Waals surface area contributed by atoms with Crippen molar-refractivity contribution in [3.05, 3.63) is 77.3 Å². The molecule has 37 heavy (non-hydrogen) atoms. The lowest BCUT2D eigenvalue weighted by molar-refractivity contribution is -0.139. The summed E-state index contributed by atoms with van der Waals surface area (Å²) in [5, 5.41) is 11.9. The van der Waals surface area contributed by atoms with E-state index in [1.165, 1.54) is 4.90 Å². The fourth-order valence-electron chi connectivity index (χ4n) is 5.47. The van der Waals surface area contributed by atoms with Crippen molar-refractivity contribution in [2.24, 2.45) is 0 Å². The van der Waals surface area contributed by atoms with Crippen LogP contribution in [0.4, 0.5) is 5.69 Å². The average Bonchev–Trinajstić information content (AvgIpc) is 3.49. The summed E-state index contributed by atoms with van der Waals surface area (Å²) >= 11 is 0. The van der Waals surface area contributed by atoms with Crippen molar-refractivity contribution in [2.75, 3.05) is 38.6 Å². The van der Waals surface area contributed by atoms with Crippen LogP contribution in [-0.2, 0) is 15.1 Å². The smallest absolute Gasteiger partial charge is 0.290 e. The highest BCUT2D eigenvalue weighted by Crippen LogP contribution is 2.53. The van der Waals surface area contributed by atoms with E-state index in [0.717, 1.165) is 18.2 Å². The van der Waals surface area contributed by atoms with Gasteiger partial charge in [-0.05, 0) is 51.7 Å². The van der Waals surface area contributed by atoms with E-state index in [2.05, 4.69) is 0 Å². The quantitative estimate of drug-likeness (QED) is 0.440. The highest BCUT2D eigenvalue weighted by molar-refractivity contribution is 6.26. The molecular weight excluding hydrogens is 470 g/mol. The third-order valence-corrected chi connectivity index (χ3v) is 7.19. The van der Waals surface area contributed by atoms with Gasteiger partial charge in [0.25, 0.3) is 11.8 Å². The molecule has 3 heterocycles. The molecular formula is C29H31N3O5. The van der Waals surface area contributed by atoms with Crippen LogP contribution in [0.25, 0.3) is 11.0 Å². The van der Waals surface area contributed by atoms with Crippen LogP contribution in [0.1, 0.15) is 42.3 Å². The molecule has 0 radical (unpaired) electrons. The van der Waals surface area contributed by atoms with E-state index in [4.69, 9.17) is 4.42 Å². The van der Waals surface area contributed by atoms with Crippen LogP contribution in [0.5, 0.6) is 0 Å². The summed E-state index contributed by atoms with van der Waals surface area (Å²) in [6.07, 6.45) is 2.19. The van der Waals surface area contributed by atoms with Crippen LogP contribution in [0.2, 0.25) is 0 Å². The van der Waals surface area contributed by atoms with Crippen molar-refractivity contribution in [3.8, 4) is 0 Å². The molecule has 2 amide bonds. The number of amides is 2. The van der Waals surface area contributed by atoms with Crippen LogP contribution in [0.15, 0.2) is 70.3 Å². The minimum absolute atomic E-state index is 0.0256. The maximum absolute atomic E-state index is 14.4. The molecule has 0 unspecified atom stereocenters. The zero-order valence-corrected chi connectivity index (χ0v) is 21.4. The number of hydrogen-bond donors (Lipinski definition) is 1. The Bertz CT molecular complexity index is 1390. The Kier molecular flexibility index (Phi) is 6.37. The molecule has 0 saturated heterocycles. The zero-order chi connectivity index (χ0) is 26.3. The van der Waals surface area contributed by atoms with E-state index in [1.54, 1.807) is 35.2 Å². The first kappa shape index (κ1) is 24.8. The van der Waals surface area contributed by atoms with Gasteiger partial charge >= 0.3 is 0 Å². The topological polar surface area (TPSA) is 94.3 Å². The second-order valence-electron chi connectivity index (χ2n) is 9.85. The summed E-state index contributed by atoms with van der Waals surface area (Å²) in [6, 6.07) is 16.0. The Balaban J connectivity index is 1.70. The highest BCUT2D eigenvalue weighted by Gasteiger charge is 2.65. The third-order valence-electron chi connectivity index (χ3n) is 7.19. The van der Waals surface area contributed by atoms with E-state index in [9.17, 15) is 19.5 Å². The van der Waals surface area contributed by atoms with Crippen LogP contribution in [0.3, 0.4) is 0 Å². The Hall–Kier alpha value is -3.91. The average molecular weight is 502 g/mol. The number of Topliss-reactive ketones (excluding diaryl/α,β-unsaturated/α-hetero) is 1. The molecule has 192 valence electrons. The molecule has 5 rings (SSSR count). The van der Waals surface area contributed by atoms with Crippen LogP contribution < -0.4 is 4.90 Å². The van der Waals surface area contributed by atoms with Crippen LogP contribution in [-0.4, -0.2) is 66.2 Å². The molecule has 8 heteroatoms. The van der Waals surface area contributed by atoms with Crippen molar-refractivity contribution in [1.29, 1.82) is 0 Å².